The number of β-amino-alcohol motifs (C(OH)–C–C–N with tert-alkyl or cyclic N) is 1. The summed E-state index contributed by atoms with van der Waals surface area (Å²) in [5.41, 5.74) is 0.543. The lowest BCUT2D eigenvalue weighted by Gasteiger charge is -2.47. The van der Waals surface area contributed by atoms with Crippen molar-refractivity contribution in [2.45, 2.75) is 95.3 Å². The van der Waals surface area contributed by atoms with Crippen molar-refractivity contribution < 1.29 is 29.0 Å². The zero-order chi connectivity index (χ0) is 33.0. The molecule has 0 aromatic heterocycles. The van der Waals surface area contributed by atoms with E-state index in [1.54, 1.807) is 36.9 Å². The summed E-state index contributed by atoms with van der Waals surface area (Å²) in [6, 6.07) is 13.9. The largest absolute Gasteiger partial charge is 0.508 e. The third-order valence-electron chi connectivity index (χ3n) is 8.40. The number of phenols is 1. The minimum absolute atomic E-state index is 0.0124. The number of carbonyl (C=O) groups excluding carboxylic acids is 2. The second-order valence-corrected chi connectivity index (χ2v) is 14.2. The first kappa shape index (κ1) is 37.2. The van der Waals surface area contributed by atoms with Gasteiger partial charge in [0.15, 0.2) is 0 Å². The molecule has 1 heterocycles. The van der Waals surface area contributed by atoms with E-state index in [1.165, 1.54) is 12.8 Å². The number of nitrogens with one attached hydrogen (secondary N) is 2. The Hall–Kier alpha value is -2.28. The highest BCUT2D eigenvalue weighted by Gasteiger charge is 2.41. The first-order chi connectivity index (χ1) is 21.4. The van der Waals surface area contributed by atoms with Gasteiger partial charge in [-0.2, -0.15) is 4.33 Å². The average molecular weight is 662 g/mol. The number of thiol groups is 1. The maximum atomic E-state index is 13.5. The average Bonchev–Trinajstić information content (AvgIpc) is 3.00. The van der Waals surface area contributed by atoms with Crippen molar-refractivity contribution in [3.05, 3.63) is 59.7 Å². The third-order valence-corrected chi connectivity index (χ3v) is 9.64. The van der Waals surface area contributed by atoms with Crippen LogP contribution in [0, 0.1) is 18.8 Å². The smallest absolute Gasteiger partial charge is 0.252 e. The normalized spacial score (nSPS) is 21.4. The number of hydrogen-bond acceptors (Lipinski definition) is 9. The zero-order valence-electron chi connectivity index (χ0n) is 27.2. The number of aliphatic hydroxyl groups excluding tert-OH is 1. The quantitative estimate of drug-likeness (QED) is 0.0700. The maximum Gasteiger partial charge on any atom is 0.252 e. The highest BCUT2D eigenvalue weighted by Crippen LogP contribution is 2.39. The number of amides is 2. The molecular formula is C34H51N3O6S2. The molecular weight excluding hydrogens is 611 g/mol. The monoisotopic (exact) mass is 661 g/mol. The molecule has 0 bridgehead atoms. The van der Waals surface area contributed by atoms with Crippen LogP contribution in [0.5, 0.6) is 5.75 Å². The van der Waals surface area contributed by atoms with Crippen molar-refractivity contribution in [1.29, 1.82) is 0 Å². The van der Waals surface area contributed by atoms with E-state index in [9.17, 15) is 19.8 Å². The second kappa shape index (κ2) is 18.2. The molecule has 0 radical (unpaired) electrons. The summed E-state index contributed by atoms with van der Waals surface area (Å²) in [5.74, 6) is 1.27. The van der Waals surface area contributed by atoms with Crippen molar-refractivity contribution >= 4 is 36.5 Å². The summed E-state index contributed by atoms with van der Waals surface area (Å²) in [5, 5.41) is 28.0. The summed E-state index contributed by atoms with van der Waals surface area (Å²) in [4.78, 5) is 34.2. The van der Waals surface area contributed by atoms with Crippen molar-refractivity contribution in [3.63, 3.8) is 0 Å². The lowest BCUT2D eigenvalue weighted by molar-refractivity contribution is -0.182. The summed E-state index contributed by atoms with van der Waals surface area (Å²) < 4.78 is 3.89. The van der Waals surface area contributed by atoms with Gasteiger partial charge in [0.25, 0.3) is 5.91 Å². The highest BCUT2D eigenvalue weighted by atomic mass is 32.2. The fraction of sp³-hybridized carbons (Fsp3) is 0.588. The van der Waals surface area contributed by atoms with E-state index in [1.807, 2.05) is 58.0 Å². The number of likely N-dealkylation sites (tertiary alicyclic amines) is 1. The van der Waals surface area contributed by atoms with Crippen LogP contribution in [-0.4, -0.2) is 76.1 Å². The van der Waals surface area contributed by atoms with Gasteiger partial charge in [-0.05, 0) is 83.6 Å². The molecule has 0 spiro atoms. The predicted molar refractivity (Wildman–Crippen MR) is 182 cm³/mol. The molecule has 1 saturated carbocycles. The van der Waals surface area contributed by atoms with Gasteiger partial charge in [-0.1, -0.05) is 43.5 Å². The molecule has 2 fully saturated rings. The molecule has 2 amide bonds. The van der Waals surface area contributed by atoms with Gasteiger partial charge >= 0.3 is 0 Å². The Morgan fingerprint density at radius 3 is 2.40 bits per heavy atom. The van der Waals surface area contributed by atoms with Crippen LogP contribution in [0.1, 0.15) is 75.7 Å². The second-order valence-electron chi connectivity index (χ2n) is 13.0. The van der Waals surface area contributed by atoms with Gasteiger partial charge in [0.1, 0.15) is 5.75 Å². The number of rotatable bonds is 11. The Morgan fingerprint density at radius 2 is 1.78 bits per heavy atom. The number of aromatic hydroxyl groups is 1. The number of aliphatic hydroxyl groups is 1. The van der Waals surface area contributed by atoms with Crippen LogP contribution < -0.4 is 10.6 Å². The molecule has 5 atom stereocenters. The lowest BCUT2D eigenvalue weighted by Crippen LogP contribution is -2.60. The Balaban J connectivity index is 0.00000102. The number of benzene rings is 2. The number of carbonyl (C=O) groups is 2. The van der Waals surface area contributed by atoms with Crippen LogP contribution in [0.3, 0.4) is 0 Å². The van der Waals surface area contributed by atoms with Crippen LogP contribution >= 0.6 is 24.7 Å². The molecule has 1 aliphatic heterocycles. The summed E-state index contributed by atoms with van der Waals surface area (Å²) >= 11 is 4.85. The lowest BCUT2D eigenvalue weighted by atomic mass is 9.72. The van der Waals surface area contributed by atoms with Crippen LogP contribution in [0.15, 0.2) is 53.4 Å². The molecule has 4 rings (SSSR count). The molecule has 4 N–H and O–H groups in total. The Morgan fingerprint density at radius 1 is 1.09 bits per heavy atom. The molecule has 11 heteroatoms. The van der Waals surface area contributed by atoms with Gasteiger partial charge in [-0.3, -0.25) is 14.5 Å². The number of thioether (sulfide) groups is 1. The summed E-state index contributed by atoms with van der Waals surface area (Å²) in [7, 11) is 0. The number of fused-ring (bicyclic) bond motifs is 1. The van der Waals surface area contributed by atoms with Gasteiger partial charge in [0.2, 0.25) is 5.91 Å². The predicted octanol–water partition coefficient (Wildman–Crippen LogP) is 5.55. The number of nitrogens with zero attached hydrogens (tertiary/aromatic N) is 1. The minimum Gasteiger partial charge on any atom is -0.508 e. The molecule has 3 unspecified atom stereocenters. The first-order valence-electron chi connectivity index (χ1n) is 15.9. The van der Waals surface area contributed by atoms with Gasteiger partial charge in [-0.25, -0.2) is 4.89 Å². The van der Waals surface area contributed by atoms with Gasteiger partial charge in [0, 0.05) is 53.3 Å². The number of piperidine rings is 1. The van der Waals surface area contributed by atoms with Crippen molar-refractivity contribution in [2.75, 3.05) is 25.4 Å². The standard InChI is InChI=1S/C32H45N3O4S.C2H6O2S/c1-21-25(15-10-16-28(21)36)30(38)33-26(20-40-24-13-6-5-7-14-24)29(37)19-35-18-23-12-9-8-11-22(23)17-27(35)31(39)34-32(2,3)4;1-2-3-4-5/h5-7,10,13-16,22-23,26-27,29,36-37H,8-9,11-12,17-20H2,1-4H3,(H,33,38)(H,34,39);5H,2H2,1H3/t22?,23?,26-,27?,29+;/m0./s1. The van der Waals surface area contributed by atoms with Crippen LogP contribution in [0.2, 0.25) is 0 Å². The van der Waals surface area contributed by atoms with Crippen molar-refractivity contribution in [3.8, 4) is 5.75 Å². The molecule has 2 aromatic rings. The fourth-order valence-electron chi connectivity index (χ4n) is 6.11. The minimum atomic E-state index is -0.886. The van der Waals surface area contributed by atoms with Gasteiger partial charge < -0.3 is 20.8 Å². The van der Waals surface area contributed by atoms with Gasteiger partial charge in [-0.15, -0.1) is 11.8 Å². The van der Waals surface area contributed by atoms with E-state index in [0.29, 0.717) is 41.9 Å². The third kappa shape index (κ3) is 11.8. The van der Waals surface area contributed by atoms with E-state index in [-0.39, 0.29) is 29.1 Å². The molecule has 2 aliphatic rings. The highest BCUT2D eigenvalue weighted by molar-refractivity contribution is 7.99. The van der Waals surface area contributed by atoms with Crippen LogP contribution in [0.25, 0.3) is 0 Å². The van der Waals surface area contributed by atoms with Gasteiger partial charge in [0.05, 0.1) is 24.8 Å². The summed E-state index contributed by atoms with van der Waals surface area (Å²) in [6.45, 7) is 11.1. The van der Waals surface area contributed by atoms with Crippen molar-refractivity contribution in [1.82, 2.24) is 15.5 Å². The van der Waals surface area contributed by atoms with E-state index < -0.39 is 12.1 Å². The molecule has 1 aliphatic carbocycles. The van der Waals surface area contributed by atoms with E-state index in [4.69, 9.17) is 0 Å². The van der Waals surface area contributed by atoms with Crippen LogP contribution in [0.4, 0.5) is 0 Å². The molecule has 1 saturated heterocycles. The van der Waals surface area contributed by atoms with Crippen LogP contribution in [-0.2, 0) is 14.0 Å². The number of hydrogen-bond donors (Lipinski definition) is 5. The Kier molecular flexibility index (Phi) is 15.0. The van der Waals surface area contributed by atoms with E-state index >= 15 is 0 Å². The molecule has 45 heavy (non-hydrogen) atoms. The first-order valence-corrected chi connectivity index (χ1v) is 17.2. The fourth-order valence-corrected chi connectivity index (χ4v) is 7.25. The Bertz CT molecular complexity index is 1210. The van der Waals surface area contributed by atoms with E-state index in [0.717, 1.165) is 30.7 Å². The SMILES string of the molecule is CCOOS.Cc1c(O)cccc1C(=O)N[C@@H](CSc1ccccc1)[C@H](O)CN1CC2CCCCC2CC1C(=O)NC(C)(C)C. The molecule has 9 nitrogen and oxygen atoms in total. The Labute approximate surface area is 278 Å². The zero-order valence-corrected chi connectivity index (χ0v) is 28.9. The molecule has 2 aromatic carbocycles. The maximum absolute atomic E-state index is 13.5. The molecule has 250 valence electrons. The van der Waals surface area contributed by atoms with E-state index in [2.05, 4.69) is 37.7 Å². The van der Waals surface area contributed by atoms with Crippen molar-refractivity contribution in [2.24, 2.45) is 11.8 Å². The topological polar surface area (TPSA) is 120 Å². The number of phenolic OH excluding ortho intramolecular Hbond substituents is 1. The summed E-state index contributed by atoms with van der Waals surface area (Å²) in [6.07, 6.45) is 4.67.